The molecular formula is C14H25NO4S. The lowest BCUT2D eigenvalue weighted by molar-refractivity contribution is -0.117. The molecule has 0 radical (unpaired) electrons. The third-order valence-corrected chi connectivity index (χ3v) is 3.75. The number of rotatable bonds is 2. The highest BCUT2D eigenvalue weighted by Gasteiger charge is 2.29. The van der Waals surface area contributed by atoms with Crippen LogP contribution in [0.5, 0.6) is 0 Å². The van der Waals surface area contributed by atoms with E-state index in [2.05, 4.69) is 0 Å². The van der Waals surface area contributed by atoms with Crippen LogP contribution in [-0.2, 0) is 19.1 Å². The van der Waals surface area contributed by atoms with Crippen LogP contribution in [0, 0.1) is 5.92 Å². The van der Waals surface area contributed by atoms with Crippen LogP contribution in [0.3, 0.4) is 0 Å². The minimum atomic E-state index is -2.16. The van der Waals surface area contributed by atoms with Gasteiger partial charge in [-0.05, 0) is 43.1 Å². The molecule has 0 aliphatic carbocycles. The van der Waals surface area contributed by atoms with Crippen LogP contribution < -0.4 is 0 Å². The number of nitrogens with zero attached hydrogens (tertiary/aromatic N) is 1. The molecule has 0 saturated carbocycles. The van der Waals surface area contributed by atoms with Gasteiger partial charge < -0.3 is 9.64 Å². The van der Waals surface area contributed by atoms with Gasteiger partial charge >= 0.3 is 6.09 Å². The van der Waals surface area contributed by atoms with Gasteiger partial charge in [0.05, 0.1) is 0 Å². The molecule has 1 aliphatic rings. The van der Waals surface area contributed by atoms with Crippen LogP contribution in [0.4, 0.5) is 4.79 Å². The van der Waals surface area contributed by atoms with E-state index < -0.39 is 15.1 Å². The van der Waals surface area contributed by atoms with E-state index in [1.807, 2.05) is 20.8 Å². The first-order valence-corrected chi connectivity index (χ1v) is 9.22. The Bertz CT molecular complexity index is 482. The Kier molecular flexibility index (Phi) is 5.24. The Hall–Kier alpha value is -1.04. The van der Waals surface area contributed by atoms with Gasteiger partial charge in [-0.1, -0.05) is 0 Å². The van der Waals surface area contributed by atoms with Crippen molar-refractivity contribution in [1.29, 1.82) is 0 Å². The molecule has 5 nitrogen and oxygen atoms in total. The van der Waals surface area contributed by atoms with Gasteiger partial charge in [0.15, 0.2) is 5.78 Å². The van der Waals surface area contributed by atoms with Crippen LogP contribution in [0.25, 0.3) is 0 Å². The van der Waals surface area contributed by atoms with E-state index in [0.29, 0.717) is 25.9 Å². The molecule has 116 valence electrons. The zero-order valence-corrected chi connectivity index (χ0v) is 13.8. The second-order valence-corrected chi connectivity index (χ2v) is 9.43. The van der Waals surface area contributed by atoms with Crippen molar-refractivity contribution in [1.82, 2.24) is 4.90 Å². The van der Waals surface area contributed by atoms with Crippen molar-refractivity contribution in [3.63, 3.8) is 0 Å². The van der Waals surface area contributed by atoms with Gasteiger partial charge in [0.2, 0.25) is 0 Å². The molecule has 0 aromatic carbocycles. The van der Waals surface area contributed by atoms with E-state index in [1.165, 1.54) is 5.37 Å². The number of Topliss-reactive ketones (excluding diaryl/α,β-unsaturated/α-hetero) is 1. The maximum atomic E-state index is 11.9. The first kappa shape index (κ1) is 17.0. The molecule has 0 aromatic heterocycles. The van der Waals surface area contributed by atoms with Gasteiger partial charge in [0, 0.05) is 36.9 Å². The highest BCUT2D eigenvalue weighted by Crippen LogP contribution is 2.20. The summed E-state index contributed by atoms with van der Waals surface area (Å²) in [6, 6.07) is 0. The molecule has 20 heavy (non-hydrogen) atoms. The molecular weight excluding hydrogens is 278 g/mol. The summed E-state index contributed by atoms with van der Waals surface area (Å²) < 4.78 is 16.9. The van der Waals surface area contributed by atoms with E-state index in [9.17, 15) is 13.8 Å². The molecule has 1 heterocycles. The second kappa shape index (κ2) is 6.16. The SMILES string of the molecule is CC(C)(C)OC(=O)N1CCC(C(=O)C=S(C)(C)=O)CC1. The maximum absolute atomic E-state index is 11.9. The van der Waals surface area contributed by atoms with Crippen molar-refractivity contribution in [3.8, 4) is 0 Å². The van der Waals surface area contributed by atoms with Crippen LogP contribution in [0.2, 0.25) is 0 Å². The summed E-state index contributed by atoms with van der Waals surface area (Å²) in [6.07, 6.45) is 3.98. The Morgan fingerprint density at radius 2 is 1.70 bits per heavy atom. The smallest absolute Gasteiger partial charge is 0.410 e. The number of likely N-dealkylation sites (tertiary alicyclic amines) is 1. The van der Waals surface area contributed by atoms with Crippen LogP contribution in [0.15, 0.2) is 0 Å². The zero-order chi connectivity index (χ0) is 15.6. The Labute approximate surface area is 121 Å². The topological polar surface area (TPSA) is 63.7 Å². The van der Waals surface area contributed by atoms with E-state index in [0.717, 1.165) is 0 Å². The van der Waals surface area contributed by atoms with Crippen molar-refractivity contribution in [2.45, 2.75) is 39.2 Å². The Balaban J connectivity index is 2.54. The van der Waals surface area contributed by atoms with Crippen molar-refractivity contribution in [2.75, 3.05) is 25.6 Å². The molecule has 0 unspecified atom stereocenters. The summed E-state index contributed by atoms with van der Waals surface area (Å²) in [7, 11) is -2.16. The third-order valence-electron chi connectivity index (χ3n) is 2.95. The van der Waals surface area contributed by atoms with Crippen molar-refractivity contribution < 1.29 is 18.5 Å². The number of amides is 1. The molecule has 1 saturated heterocycles. The predicted molar refractivity (Wildman–Crippen MR) is 81.6 cm³/mol. The minimum Gasteiger partial charge on any atom is -0.444 e. The quantitative estimate of drug-likeness (QED) is 0.726. The van der Waals surface area contributed by atoms with Crippen molar-refractivity contribution in [3.05, 3.63) is 0 Å². The van der Waals surface area contributed by atoms with Gasteiger partial charge in [-0.25, -0.2) is 4.79 Å². The first-order chi connectivity index (χ1) is 8.98. The van der Waals surface area contributed by atoms with Gasteiger partial charge in [-0.3, -0.25) is 9.00 Å². The van der Waals surface area contributed by atoms with E-state index in [-0.39, 0.29) is 17.8 Å². The molecule has 1 amide bonds. The van der Waals surface area contributed by atoms with Crippen LogP contribution >= 0.6 is 0 Å². The lowest BCUT2D eigenvalue weighted by Gasteiger charge is -2.32. The summed E-state index contributed by atoms with van der Waals surface area (Å²) in [6.45, 7) is 6.50. The van der Waals surface area contributed by atoms with Crippen molar-refractivity contribution in [2.24, 2.45) is 5.92 Å². The lowest BCUT2D eigenvalue weighted by atomic mass is 9.93. The molecule has 1 rings (SSSR count). The Morgan fingerprint density at radius 1 is 1.20 bits per heavy atom. The summed E-state index contributed by atoms with van der Waals surface area (Å²) in [4.78, 5) is 25.5. The molecule has 0 N–H and O–H groups in total. The minimum absolute atomic E-state index is 0.0659. The van der Waals surface area contributed by atoms with Crippen LogP contribution in [-0.4, -0.2) is 57.6 Å². The largest absolute Gasteiger partial charge is 0.444 e. The van der Waals surface area contributed by atoms with E-state index in [4.69, 9.17) is 4.74 Å². The normalized spacial score (nSPS) is 17.8. The van der Waals surface area contributed by atoms with Gasteiger partial charge in [-0.15, -0.1) is 0 Å². The molecule has 0 aromatic rings. The van der Waals surface area contributed by atoms with Gasteiger partial charge in [-0.2, -0.15) is 0 Å². The number of carbonyl (C=O) groups is 2. The molecule has 0 spiro atoms. The monoisotopic (exact) mass is 303 g/mol. The Morgan fingerprint density at radius 3 is 2.10 bits per heavy atom. The van der Waals surface area contributed by atoms with E-state index in [1.54, 1.807) is 17.4 Å². The average Bonchev–Trinajstić information content (AvgIpc) is 2.24. The summed E-state index contributed by atoms with van der Waals surface area (Å²) in [5, 5.41) is 1.33. The van der Waals surface area contributed by atoms with E-state index >= 15 is 0 Å². The summed E-state index contributed by atoms with van der Waals surface area (Å²) in [5.74, 6) is -0.196. The maximum Gasteiger partial charge on any atom is 0.410 e. The third kappa shape index (κ3) is 5.94. The molecule has 0 atom stereocenters. The molecule has 1 fully saturated rings. The molecule has 0 bridgehead atoms. The summed E-state index contributed by atoms with van der Waals surface area (Å²) >= 11 is 0. The van der Waals surface area contributed by atoms with Gasteiger partial charge in [0.1, 0.15) is 5.60 Å². The lowest BCUT2D eigenvalue weighted by Crippen LogP contribution is -2.43. The first-order valence-electron chi connectivity index (χ1n) is 6.79. The molecule has 6 heteroatoms. The number of hydrogen-bond donors (Lipinski definition) is 0. The number of piperidine rings is 1. The highest BCUT2D eigenvalue weighted by atomic mass is 32.2. The fourth-order valence-electron chi connectivity index (χ4n) is 2.05. The number of carbonyl (C=O) groups excluding carboxylic acids is 2. The second-order valence-electron chi connectivity index (χ2n) is 6.57. The standard InChI is InChI=1S/C14H25NO4S/c1-14(2,3)19-13(17)15-8-6-11(7-9-15)12(16)10-20(4,5)18/h10-11H,6-9H2,1-5H3. The number of ketones is 1. The fraction of sp³-hybridized carbons (Fsp3) is 0.786. The van der Waals surface area contributed by atoms with Crippen molar-refractivity contribution >= 4 is 26.8 Å². The molecule has 1 aliphatic heterocycles. The summed E-state index contributed by atoms with van der Waals surface area (Å²) in [5.41, 5.74) is -0.506. The predicted octanol–water partition coefficient (Wildman–Crippen LogP) is 1.55. The number of hydrogen-bond acceptors (Lipinski definition) is 4. The zero-order valence-electron chi connectivity index (χ0n) is 13.0. The number of ether oxygens (including phenoxy) is 1. The van der Waals surface area contributed by atoms with Gasteiger partial charge in [0.25, 0.3) is 0 Å². The van der Waals surface area contributed by atoms with Crippen LogP contribution in [0.1, 0.15) is 33.6 Å². The average molecular weight is 303 g/mol. The fourth-order valence-corrected chi connectivity index (χ4v) is 2.80. The highest BCUT2D eigenvalue weighted by molar-refractivity contribution is 8.01.